The number of aromatic nitrogens is 4. The van der Waals surface area contributed by atoms with Gasteiger partial charge in [-0.15, -0.1) is 21.5 Å². The molecule has 0 aliphatic heterocycles. The molecular formula is C18H17N5O4S. The molecule has 1 aromatic carbocycles. The van der Waals surface area contributed by atoms with E-state index in [1.54, 1.807) is 35.7 Å². The number of carbonyl (C=O) groups is 1. The van der Waals surface area contributed by atoms with Crippen molar-refractivity contribution in [1.29, 1.82) is 0 Å². The molecule has 3 heterocycles. The molecule has 0 aliphatic rings. The minimum Gasteiger partial charge on any atom is -0.454 e. The second kappa shape index (κ2) is 7.41. The maximum Gasteiger partial charge on any atom is 0.340 e. The van der Waals surface area contributed by atoms with Crippen molar-refractivity contribution in [3.63, 3.8) is 0 Å². The smallest absolute Gasteiger partial charge is 0.340 e. The van der Waals surface area contributed by atoms with Gasteiger partial charge in [0.15, 0.2) is 12.4 Å². The number of anilines is 1. The number of carbonyl (C=O) groups excluding carboxylic acids is 1. The molecule has 4 rings (SSSR count). The van der Waals surface area contributed by atoms with E-state index in [0.717, 1.165) is 0 Å². The van der Waals surface area contributed by atoms with E-state index in [0.29, 0.717) is 39.6 Å². The maximum absolute atomic E-state index is 12.6. The first-order valence-corrected chi connectivity index (χ1v) is 9.41. The number of aryl methyl sites for hydroxylation is 1. The van der Waals surface area contributed by atoms with Gasteiger partial charge in [-0.25, -0.2) is 4.79 Å². The zero-order valence-corrected chi connectivity index (χ0v) is 15.8. The third-order valence-corrected chi connectivity index (χ3v) is 5.20. The van der Waals surface area contributed by atoms with Crippen LogP contribution in [0, 0.1) is 0 Å². The van der Waals surface area contributed by atoms with Crippen LogP contribution in [-0.4, -0.2) is 43.4 Å². The summed E-state index contributed by atoms with van der Waals surface area (Å²) in [6.07, 6.45) is 0. The van der Waals surface area contributed by atoms with Crippen LogP contribution in [0.25, 0.3) is 16.0 Å². The topological polar surface area (TPSA) is 111 Å². The molecule has 0 aliphatic carbocycles. The molecule has 0 fully saturated rings. The van der Waals surface area contributed by atoms with Gasteiger partial charge in [0.1, 0.15) is 4.70 Å². The number of esters is 1. The van der Waals surface area contributed by atoms with E-state index in [-0.39, 0.29) is 18.8 Å². The molecule has 2 N–H and O–H groups in total. The van der Waals surface area contributed by atoms with Crippen LogP contribution < -0.4 is 10.9 Å². The van der Waals surface area contributed by atoms with Crippen LogP contribution in [0.15, 0.2) is 40.5 Å². The minimum atomic E-state index is -0.524. The average molecular weight is 399 g/mol. The van der Waals surface area contributed by atoms with Gasteiger partial charge in [0.25, 0.3) is 5.56 Å². The molecule has 144 valence electrons. The van der Waals surface area contributed by atoms with Crippen LogP contribution in [-0.2, 0) is 18.4 Å². The Morgan fingerprint density at radius 2 is 2.11 bits per heavy atom. The number of thiophene rings is 1. The molecule has 0 radical (unpaired) electrons. The monoisotopic (exact) mass is 399 g/mol. The molecule has 0 spiro atoms. The number of hydrogen-bond acceptors (Lipinski definition) is 8. The standard InChI is InChI=1S/C18H17N5O4S/c1-22-16(25)15-13(6-9-28-15)23-14(20-21-18(22)23)10-27-17(26)11-4-2-3-5-12(11)19-7-8-24/h2-6,9,19,24H,7-8,10H2,1H3. The lowest BCUT2D eigenvalue weighted by molar-refractivity contribution is 0.0462. The lowest BCUT2D eigenvalue weighted by Gasteiger charge is -2.11. The van der Waals surface area contributed by atoms with E-state index >= 15 is 0 Å². The number of nitrogens with one attached hydrogen (secondary N) is 1. The molecule has 28 heavy (non-hydrogen) atoms. The fourth-order valence-corrected chi connectivity index (χ4v) is 3.81. The highest BCUT2D eigenvalue weighted by Gasteiger charge is 2.18. The number of ether oxygens (including phenoxy) is 1. The molecule has 10 heteroatoms. The van der Waals surface area contributed by atoms with Crippen LogP contribution in [0.3, 0.4) is 0 Å². The predicted molar refractivity (Wildman–Crippen MR) is 105 cm³/mol. The average Bonchev–Trinajstić information content (AvgIpc) is 3.35. The van der Waals surface area contributed by atoms with Crippen LogP contribution >= 0.6 is 11.3 Å². The first-order valence-electron chi connectivity index (χ1n) is 8.53. The molecule has 0 saturated heterocycles. The number of rotatable bonds is 6. The van der Waals surface area contributed by atoms with Gasteiger partial charge in [-0.2, -0.15) is 0 Å². The summed E-state index contributed by atoms with van der Waals surface area (Å²) in [6.45, 7) is 0.172. The third kappa shape index (κ3) is 3.02. The summed E-state index contributed by atoms with van der Waals surface area (Å²) in [5.41, 5.74) is 1.48. The summed E-state index contributed by atoms with van der Waals surface area (Å²) < 4.78 is 9.17. The SMILES string of the molecule is Cn1c(=O)c2sccc2n2c(COC(=O)c3ccccc3NCCO)nnc12. The first-order chi connectivity index (χ1) is 13.6. The predicted octanol–water partition coefficient (Wildman–Crippen LogP) is 1.40. The first kappa shape index (κ1) is 18.1. The Labute approximate surface area is 162 Å². The molecule has 0 bridgehead atoms. The fourth-order valence-electron chi connectivity index (χ4n) is 2.96. The van der Waals surface area contributed by atoms with E-state index in [2.05, 4.69) is 15.5 Å². The molecule has 0 atom stereocenters. The number of hydrogen-bond donors (Lipinski definition) is 2. The van der Waals surface area contributed by atoms with Gasteiger partial charge >= 0.3 is 5.97 Å². The van der Waals surface area contributed by atoms with Gasteiger partial charge in [0.05, 0.1) is 17.7 Å². The van der Waals surface area contributed by atoms with Gasteiger partial charge in [-0.05, 0) is 23.6 Å². The largest absolute Gasteiger partial charge is 0.454 e. The Bertz CT molecular complexity index is 1230. The van der Waals surface area contributed by atoms with Crippen molar-refractivity contribution in [3.8, 4) is 0 Å². The molecule has 4 aromatic rings. The molecule has 0 saturated carbocycles. The quantitative estimate of drug-likeness (QED) is 0.472. The highest BCUT2D eigenvalue weighted by atomic mass is 32.1. The Morgan fingerprint density at radius 1 is 1.29 bits per heavy atom. The molecule has 0 unspecified atom stereocenters. The van der Waals surface area contributed by atoms with Crippen LogP contribution in [0.1, 0.15) is 16.2 Å². The van der Waals surface area contributed by atoms with Gasteiger partial charge < -0.3 is 15.2 Å². The van der Waals surface area contributed by atoms with Crippen molar-refractivity contribution in [2.45, 2.75) is 6.61 Å². The number of aliphatic hydroxyl groups is 1. The van der Waals surface area contributed by atoms with Crippen molar-refractivity contribution >= 4 is 39.0 Å². The van der Waals surface area contributed by atoms with E-state index in [1.165, 1.54) is 15.9 Å². The van der Waals surface area contributed by atoms with E-state index < -0.39 is 5.97 Å². The van der Waals surface area contributed by atoms with E-state index in [4.69, 9.17) is 9.84 Å². The summed E-state index contributed by atoms with van der Waals surface area (Å²) in [6, 6.07) is 8.72. The second-order valence-electron chi connectivity index (χ2n) is 6.02. The fraction of sp³-hybridized carbons (Fsp3) is 0.222. The van der Waals surface area contributed by atoms with Crippen LogP contribution in [0.2, 0.25) is 0 Å². The molecule has 9 nitrogen and oxygen atoms in total. The van der Waals surface area contributed by atoms with E-state index in [9.17, 15) is 9.59 Å². The Balaban J connectivity index is 1.64. The van der Waals surface area contributed by atoms with Gasteiger partial charge in [-0.3, -0.25) is 13.8 Å². The zero-order chi connectivity index (χ0) is 19.7. The normalized spacial score (nSPS) is 11.2. The Kier molecular flexibility index (Phi) is 4.80. The number of para-hydroxylation sites is 1. The zero-order valence-electron chi connectivity index (χ0n) is 15.0. The second-order valence-corrected chi connectivity index (χ2v) is 6.94. The van der Waals surface area contributed by atoms with Gasteiger partial charge in [-0.1, -0.05) is 12.1 Å². The summed E-state index contributed by atoms with van der Waals surface area (Å²) in [4.78, 5) is 24.9. The van der Waals surface area contributed by atoms with Crippen LogP contribution in [0.5, 0.6) is 0 Å². The lowest BCUT2D eigenvalue weighted by Crippen LogP contribution is -2.19. The Morgan fingerprint density at radius 3 is 2.93 bits per heavy atom. The van der Waals surface area contributed by atoms with Crippen molar-refractivity contribution < 1.29 is 14.6 Å². The summed E-state index contributed by atoms with van der Waals surface area (Å²) in [7, 11) is 1.63. The van der Waals surface area contributed by atoms with Crippen LogP contribution in [0.4, 0.5) is 5.69 Å². The molecule has 3 aromatic heterocycles. The third-order valence-electron chi connectivity index (χ3n) is 4.30. The minimum absolute atomic E-state index is 0.0511. The maximum atomic E-state index is 12.6. The number of fused-ring (bicyclic) bond motifs is 3. The number of nitrogens with zero attached hydrogens (tertiary/aromatic N) is 4. The Hall–Kier alpha value is -3.24. The summed E-state index contributed by atoms with van der Waals surface area (Å²) in [5.74, 6) is 0.277. The molecule has 0 amide bonds. The number of benzene rings is 1. The number of aliphatic hydroxyl groups excluding tert-OH is 1. The highest BCUT2D eigenvalue weighted by molar-refractivity contribution is 7.17. The van der Waals surface area contributed by atoms with Gasteiger partial charge in [0, 0.05) is 19.3 Å². The molecular weight excluding hydrogens is 382 g/mol. The summed E-state index contributed by atoms with van der Waals surface area (Å²) >= 11 is 1.34. The highest BCUT2D eigenvalue weighted by Crippen LogP contribution is 2.20. The van der Waals surface area contributed by atoms with Gasteiger partial charge in [0.2, 0.25) is 5.78 Å². The van der Waals surface area contributed by atoms with Crippen molar-refractivity contribution in [2.75, 3.05) is 18.5 Å². The lowest BCUT2D eigenvalue weighted by atomic mass is 10.2. The summed E-state index contributed by atoms with van der Waals surface area (Å²) in [5, 5.41) is 21.9. The van der Waals surface area contributed by atoms with Crippen molar-refractivity contribution in [3.05, 3.63) is 57.5 Å². The van der Waals surface area contributed by atoms with E-state index in [1.807, 2.05) is 11.4 Å². The van der Waals surface area contributed by atoms with Crippen molar-refractivity contribution in [1.82, 2.24) is 19.2 Å². The van der Waals surface area contributed by atoms with Crippen molar-refractivity contribution in [2.24, 2.45) is 7.05 Å².